The van der Waals surface area contributed by atoms with E-state index in [1.54, 1.807) is 0 Å². The van der Waals surface area contributed by atoms with Gasteiger partial charge in [-0.1, -0.05) is 19.1 Å². The lowest BCUT2D eigenvalue weighted by atomic mass is 9.53. The van der Waals surface area contributed by atoms with Crippen molar-refractivity contribution < 1.29 is 29.6 Å². The van der Waals surface area contributed by atoms with E-state index < -0.39 is 29.6 Å². The van der Waals surface area contributed by atoms with Crippen LogP contribution in [0.3, 0.4) is 0 Å². The Morgan fingerprint density at radius 3 is 2.78 bits per heavy atom. The second-order valence-corrected chi connectivity index (χ2v) is 7.09. The maximum Gasteiger partial charge on any atom is 0.337 e. The molecule has 0 spiro atoms. The van der Waals surface area contributed by atoms with Crippen LogP contribution in [0.25, 0.3) is 0 Å². The van der Waals surface area contributed by atoms with Crippen molar-refractivity contribution in [2.75, 3.05) is 6.61 Å². The van der Waals surface area contributed by atoms with Gasteiger partial charge in [-0.3, -0.25) is 4.79 Å². The van der Waals surface area contributed by atoms with Crippen molar-refractivity contribution in [3.63, 3.8) is 0 Å². The summed E-state index contributed by atoms with van der Waals surface area (Å²) in [6, 6.07) is 0. The number of aliphatic hydroxyl groups is 2. The number of hydrogen-bond acceptors (Lipinski definition) is 5. The zero-order valence-electron chi connectivity index (χ0n) is 13.1. The number of carboxylic acid groups (broad SMARTS) is 1. The van der Waals surface area contributed by atoms with E-state index in [1.807, 2.05) is 6.92 Å². The molecule has 5 unspecified atom stereocenters. The van der Waals surface area contributed by atoms with Crippen LogP contribution in [-0.2, 0) is 14.3 Å². The highest BCUT2D eigenvalue weighted by Gasteiger charge is 2.57. The predicted molar refractivity (Wildman–Crippen MR) is 80.3 cm³/mol. The van der Waals surface area contributed by atoms with Gasteiger partial charge in [-0.05, 0) is 30.8 Å². The molecule has 1 heterocycles. The minimum absolute atomic E-state index is 0.0882. The Kier molecular flexibility index (Phi) is 3.84. The Bertz CT molecular complexity index is 606. The highest BCUT2D eigenvalue weighted by Crippen LogP contribution is 2.57. The van der Waals surface area contributed by atoms with Gasteiger partial charge in [-0.25, -0.2) is 4.79 Å². The normalized spacial score (nSPS) is 39.8. The predicted octanol–water partition coefficient (Wildman–Crippen LogP) is 1.03. The van der Waals surface area contributed by atoms with Gasteiger partial charge in [-0.15, -0.1) is 0 Å². The number of carboxylic acids is 1. The number of fused-ring (bicyclic) bond motifs is 3. The molecule has 3 aliphatic rings. The maximum absolute atomic E-state index is 12.0. The van der Waals surface area contributed by atoms with E-state index >= 15 is 0 Å². The summed E-state index contributed by atoms with van der Waals surface area (Å²) in [6.07, 6.45) is 0.319. The second-order valence-electron chi connectivity index (χ2n) is 7.09. The minimum Gasteiger partial charge on any atom is -0.481 e. The largest absolute Gasteiger partial charge is 0.481 e. The number of rotatable bonds is 3. The van der Waals surface area contributed by atoms with Crippen molar-refractivity contribution >= 4 is 11.9 Å². The van der Waals surface area contributed by atoms with Crippen molar-refractivity contribution in [3.05, 3.63) is 23.3 Å². The molecule has 0 bridgehead atoms. The fourth-order valence-electron chi connectivity index (χ4n) is 4.56. The van der Waals surface area contributed by atoms with E-state index in [9.17, 15) is 19.8 Å². The third kappa shape index (κ3) is 2.32. The van der Waals surface area contributed by atoms with E-state index in [-0.39, 0.29) is 24.9 Å². The van der Waals surface area contributed by atoms with Crippen LogP contribution >= 0.6 is 0 Å². The molecule has 0 amide bonds. The van der Waals surface area contributed by atoms with Gasteiger partial charge in [0.15, 0.2) is 0 Å². The van der Waals surface area contributed by atoms with Gasteiger partial charge in [0.1, 0.15) is 6.10 Å². The number of ether oxygens (including phenoxy) is 1. The number of hydrogen-bond donors (Lipinski definition) is 3. The van der Waals surface area contributed by atoms with Gasteiger partial charge in [0.2, 0.25) is 0 Å². The molecule has 5 atom stereocenters. The van der Waals surface area contributed by atoms with Gasteiger partial charge in [0, 0.05) is 11.3 Å². The van der Waals surface area contributed by atoms with Gasteiger partial charge in [0.25, 0.3) is 0 Å². The van der Waals surface area contributed by atoms with Crippen molar-refractivity contribution in [1.29, 1.82) is 0 Å². The standard InChI is InChI=1S/C17H22O6/c1-8-9(6-13(20)21)5-12(19)17(2)4-3-10-11(7-18)16(22)23-15(10)14(8)17/h9,12,14-15,18-19H,1,3-7H2,2H3,(H,20,21). The highest BCUT2D eigenvalue weighted by atomic mass is 16.6. The lowest BCUT2D eigenvalue weighted by Gasteiger charge is -2.53. The number of esters is 1. The molecule has 6 heteroatoms. The molecule has 3 N–H and O–H groups in total. The second kappa shape index (κ2) is 5.46. The summed E-state index contributed by atoms with van der Waals surface area (Å²) in [5.74, 6) is -2.10. The first-order chi connectivity index (χ1) is 10.8. The first kappa shape index (κ1) is 16.2. The van der Waals surface area contributed by atoms with Crippen molar-refractivity contribution in [2.45, 2.75) is 44.8 Å². The molecular formula is C17H22O6. The Morgan fingerprint density at radius 2 is 2.17 bits per heavy atom. The Morgan fingerprint density at radius 1 is 1.48 bits per heavy atom. The summed E-state index contributed by atoms with van der Waals surface area (Å²) in [4.78, 5) is 23.1. The van der Waals surface area contributed by atoms with E-state index in [1.165, 1.54) is 0 Å². The lowest BCUT2D eigenvalue weighted by Crippen LogP contribution is -2.54. The molecule has 2 aliphatic carbocycles. The third-order valence-electron chi connectivity index (χ3n) is 5.93. The summed E-state index contributed by atoms with van der Waals surface area (Å²) < 4.78 is 5.48. The monoisotopic (exact) mass is 322 g/mol. The number of carbonyl (C=O) groups is 2. The Labute approximate surface area is 134 Å². The van der Waals surface area contributed by atoms with E-state index in [0.29, 0.717) is 24.8 Å². The van der Waals surface area contributed by atoms with E-state index in [0.717, 1.165) is 11.1 Å². The molecule has 1 aliphatic heterocycles. The Hall–Kier alpha value is -1.66. The molecule has 0 aromatic carbocycles. The first-order valence-corrected chi connectivity index (χ1v) is 7.92. The van der Waals surface area contributed by atoms with Gasteiger partial charge >= 0.3 is 11.9 Å². The highest BCUT2D eigenvalue weighted by molar-refractivity contribution is 5.92. The van der Waals surface area contributed by atoms with Crippen molar-refractivity contribution in [3.8, 4) is 0 Å². The van der Waals surface area contributed by atoms with Gasteiger partial charge < -0.3 is 20.1 Å². The van der Waals surface area contributed by atoms with Crippen LogP contribution in [0.5, 0.6) is 0 Å². The number of carbonyl (C=O) groups excluding carboxylic acids is 1. The molecule has 0 aromatic rings. The molecular weight excluding hydrogens is 300 g/mol. The SMILES string of the molecule is C=C1C(CC(=O)O)CC(O)C2(C)CCC3=C(CO)C(=O)OC3C12. The minimum atomic E-state index is -0.932. The van der Waals surface area contributed by atoms with Crippen molar-refractivity contribution in [1.82, 2.24) is 0 Å². The smallest absolute Gasteiger partial charge is 0.337 e. The van der Waals surface area contributed by atoms with Gasteiger partial charge in [-0.2, -0.15) is 0 Å². The topological polar surface area (TPSA) is 104 Å². The van der Waals surface area contributed by atoms with Crippen LogP contribution in [0.15, 0.2) is 23.3 Å². The fraction of sp³-hybridized carbons (Fsp3) is 0.647. The number of aliphatic hydroxyl groups excluding tert-OH is 2. The molecule has 3 rings (SSSR count). The average Bonchev–Trinajstić information content (AvgIpc) is 2.79. The Balaban J connectivity index is 1.99. The van der Waals surface area contributed by atoms with Crippen LogP contribution in [0.1, 0.15) is 32.6 Å². The fourth-order valence-corrected chi connectivity index (χ4v) is 4.56. The summed E-state index contributed by atoms with van der Waals surface area (Å²) in [5.41, 5.74) is 1.32. The molecule has 0 aromatic heterocycles. The quantitative estimate of drug-likeness (QED) is 0.529. The van der Waals surface area contributed by atoms with Gasteiger partial charge in [0.05, 0.1) is 24.7 Å². The molecule has 0 saturated heterocycles. The average molecular weight is 322 g/mol. The molecule has 6 nitrogen and oxygen atoms in total. The molecule has 23 heavy (non-hydrogen) atoms. The summed E-state index contributed by atoms with van der Waals surface area (Å²) in [5, 5.41) is 29.1. The third-order valence-corrected chi connectivity index (χ3v) is 5.93. The molecule has 2 saturated carbocycles. The van der Waals surface area contributed by atoms with Crippen molar-refractivity contribution in [2.24, 2.45) is 17.3 Å². The zero-order chi connectivity index (χ0) is 16.9. The first-order valence-electron chi connectivity index (χ1n) is 7.92. The summed E-state index contributed by atoms with van der Waals surface area (Å²) in [6.45, 7) is 5.69. The van der Waals surface area contributed by atoms with Crippen LogP contribution in [0.4, 0.5) is 0 Å². The maximum atomic E-state index is 12.0. The number of aliphatic carboxylic acids is 1. The van der Waals surface area contributed by atoms with E-state index in [4.69, 9.17) is 9.84 Å². The molecule has 0 radical (unpaired) electrons. The summed E-state index contributed by atoms with van der Waals surface area (Å²) >= 11 is 0. The molecule has 2 fully saturated rings. The van der Waals surface area contributed by atoms with Crippen LogP contribution in [0.2, 0.25) is 0 Å². The van der Waals surface area contributed by atoms with Crippen LogP contribution < -0.4 is 0 Å². The zero-order valence-corrected chi connectivity index (χ0v) is 13.1. The molecule has 126 valence electrons. The summed E-state index contributed by atoms with van der Waals surface area (Å²) in [7, 11) is 0. The van der Waals surface area contributed by atoms with E-state index in [2.05, 4.69) is 6.58 Å². The van der Waals surface area contributed by atoms with Crippen LogP contribution in [0, 0.1) is 17.3 Å². The van der Waals surface area contributed by atoms with Crippen LogP contribution in [-0.4, -0.2) is 46.1 Å². The lowest BCUT2D eigenvalue weighted by molar-refractivity contribution is -0.151.